The monoisotopic (exact) mass is 440 g/mol. The quantitative estimate of drug-likeness (QED) is 0.453. The van der Waals surface area contributed by atoms with E-state index in [1.54, 1.807) is 0 Å². The fraction of sp³-hybridized carbons (Fsp3) is 0.318. The van der Waals surface area contributed by atoms with Crippen LogP contribution in [0, 0.1) is 17.0 Å². The summed E-state index contributed by atoms with van der Waals surface area (Å²) in [5, 5.41) is 11.8. The molecule has 4 rings (SSSR count). The van der Waals surface area contributed by atoms with Gasteiger partial charge in [-0.1, -0.05) is 11.6 Å². The summed E-state index contributed by atoms with van der Waals surface area (Å²) in [5.74, 6) is 0. The van der Waals surface area contributed by atoms with E-state index in [0.717, 1.165) is 42.5 Å². The van der Waals surface area contributed by atoms with Crippen LogP contribution in [0.25, 0.3) is 10.9 Å². The number of pyridine rings is 1. The van der Waals surface area contributed by atoms with E-state index in [-0.39, 0.29) is 15.5 Å². The summed E-state index contributed by atoms with van der Waals surface area (Å²) in [4.78, 5) is 19.4. The maximum Gasteiger partial charge on any atom is 0.269 e. The van der Waals surface area contributed by atoms with Crippen LogP contribution in [0.5, 0.6) is 0 Å². The standard InChI is InChI=1S/C22H24N4O4S/c1-16-4-9-20-19(14-16)22(25-11-3-10-24(2)12-13-25)21(15-23-20)31(29,30)18-7-5-17(6-8-18)26(27)28/h4-9,14-15H,3,10-13H2,1-2H3. The number of anilines is 1. The maximum absolute atomic E-state index is 13.6. The van der Waals surface area contributed by atoms with Gasteiger partial charge in [0.15, 0.2) is 0 Å². The summed E-state index contributed by atoms with van der Waals surface area (Å²) in [6, 6.07) is 10.8. The summed E-state index contributed by atoms with van der Waals surface area (Å²) in [5.41, 5.74) is 2.26. The number of rotatable bonds is 4. The lowest BCUT2D eigenvalue weighted by Gasteiger charge is -2.27. The van der Waals surface area contributed by atoms with Crippen LogP contribution < -0.4 is 4.90 Å². The number of aryl methyl sites for hydroxylation is 1. The Kier molecular flexibility index (Phi) is 5.63. The number of nitro benzene ring substituents is 1. The van der Waals surface area contributed by atoms with Gasteiger partial charge in [0.1, 0.15) is 4.90 Å². The predicted octanol–water partition coefficient (Wildman–Crippen LogP) is 3.43. The number of sulfone groups is 1. The summed E-state index contributed by atoms with van der Waals surface area (Å²) >= 11 is 0. The van der Waals surface area contributed by atoms with Gasteiger partial charge >= 0.3 is 0 Å². The van der Waals surface area contributed by atoms with E-state index < -0.39 is 14.8 Å². The van der Waals surface area contributed by atoms with Gasteiger partial charge in [-0.15, -0.1) is 0 Å². The molecular weight excluding hydrogens is 416 g/mol. The second-order valence-electron chi connectivity index (χ2n) is 7.89. The number of likely N-dealkylation sites (N-methyl/N-ethyl adjacent to an activating group) is 1. The van der Waals surface area contributed by atoms with Gasteiger partial charge < -0.3 is 9.80 Å². The third-order valence-corrected chi connectivity index (χ3v) is 7.42. The largest absolute Gasteiger partial charge is 0.369 e. The van der Waals surface area contributed by atoms with E-state index in [2.05, 4.69) is 21.8 Å². The van der Waals surface area contributed by atoms with Crippen molar-refractivity contribution in [2.24, 2.45) is 0 Å². The van der Waals surface area contributed by atoms with Crippen LogP contribution in [0.15, 0.2) is 58.5 Å². The number of nitro groups is 1. The van der Waals surface area contributed by atoms with Crippen molar-refractivity contribution in [1.82, 2.24) is 9.88 Å². The van der Waals surface area contributed by atoms with Crippen LogP contribution in [0.3, 0.4) is 0 Å². The smallest absolute Gasteiger partial charge is 0.269 e. The Morgan fingerprint density at radius 2 is 1.77 bits per heavy atom. The SMILES string of the molecule is Cc1ccc2ncc(S(=O)(=O)c3ccc([N+](=O)[O-])cc3)c(N3CCCN(C)CC3)c2c1. The van der Waals surface area contributed by atoms with Crippen LogP contribution in [-0.2, 0) is 9.84 Å². The molecule has 1 saturated heterocycles. The number of hydrogen-bond acceptors (Lipinski definition) is 7. The Labute approximate surface area is 181 Å². The number of aromatic nitrogens is 1. The molecule has 0 aliphatic carbocycles. The number of hydrogen-bond donors (Lipinski definition) is 0. The Bertz CT molecular complexity index is 1240. The molecule has 0 radical (unpaired) electrons. The van der Waals surface area contributed by atoms with Gasteiger partial charge in [-0.2, -0.15) is 0 Å². The van der Waals surface area contributed by atoms with Crippen molar-refractivity contribution in [1.29, 1.82) is 0 Å². The molecular formula is C22H24N4O4S. The molecule has 1 aliphatic heterocycles. The highest BCUT2D eigenvalue weighted by atomic mass is 32.2. The first kappa shape index (κ1) is 21.2. The summed E-state index contributed by atoms with van der Waals surface area (Å²) in [6.45, 7) is 5.18. The van der Waals surface area contributed by atoms with E-state index in [1.165, 1.54) is 30.5 Å². The molecule has 31 heavy (non-hydrogen) atoms. The number of nitrogens with zero attached hydrogens (tertiary/aromatic N) is 4. The first-order chi connectivity index (χ1) is 14.8. The van der Waals surface area contributed by atoms with Crippen LogP contribution in [0.1, 0.15) is 12.0 Å². The van der Waals surface area contributed by atoms with Crippen molar-refractivity contribution < 1.29 is 13.3 Å². The normalized spacial score (nSPS) is 15.7. The Hall–Kier alpha value is -3.04. The van der Waals surface area contributed by atoms with E-state index in [9.17, 15) is 18.5 Å². The Morgan fingerprint density at radius 1 is 1.03 bits per heavy atom. The fourth-order valence-electron chi connectivity index (χ4n) is 3.94. The van der Waals surface area contributed by atoms with Crippen LogP contribution >= 0.6 is 0 Å². The zero-order valence-electron chi connectivity index (χ0n) is 17.5. The summed E-state index contributed by atoms with van der Waals surface area (Å²) in [6.07, 6.45) is 2.33. The van der Waals surface area contributed by atoms with Gasteiger partial charge in [0.05, 0.1) is 21.0 Å². The second kappa shape index (κ2) is 8.24. The van der Waals surface area contributed by atoms with Crippen molar-refractivity contribution in [2.75, 3.05) is 38.1 Å². The third kappa shape index (κ3) is 4.11. The highest BCUT2D eigenvalue weighted by molar-refractivity contribution is 7.91. The molecule has 0 atom stereocenters. The highest BCUT2D eigenvalue weighted by Gasteiger charge is 2.28. The van der Waals surface area contributed by atoms with Crippen LogP contribution in [-0.4, -0.2) is 56.5 Å². The van der Waals surface area contributed by atoms with Gasteiger partial charge in [-0.3, -0.25) is 15.1 Å². The zero-order valence-corrected chi connectivity index (χ0v) is 18.3. The Balaban J connectivity index is 1.91. The molecule has 8 nitrogen and oxygen atoms in total. The average molecular weight is 441 g/mol. The van der Waals surface area contributed by atoms with E-state index >= 15 is 0 Å². The minimum absolute atomic E-state index is 0.0140. The minimum atomic E-state index is -3.93. The molecule has 0 bridgehead atoms. The van der Waals surface area contributed by atoms with Crippen molar-refractivity contribution in [2.45, 2.75) is 23.1 Å². The van der Waals surface area contributed by atoms with Crippen molar-refractivity contribution in [3.8, 4) is 0 Å². The molecule has 1 aromatic heterocycles. The highest BCUT2D eigenvalue weighted by Crippen LogP contribution is 2.37. The average Bonchev–Trinajstić information content (AvgIpc) is 2.97. The van der Waals surface area contributed by atoms with Crippen molar-refractivity contribution in [3.63, 3.8) is 0 Å². The number of fused-ring (bicyclic) bond motifs is 1. The van der Waals surface area contributed by atoms with Crippen molar-refractivity contribution in [3.05, 3.63) is 64.3 Å². The fourth-order valence-corrected chi connectivity index (χ4v) is 5.37. The van der Waals surface area contributed by atoms with E-state index in [1.807, 2.05) is 25.1 Å². The first-order valence-electron chi connectivity index (χ1n) is 10.1. The maximum atomic E-state index is 13.6. The van der Waals surface area contributed by atoms with Crippen LogP contribution in [0.4, 0.5) is 11.4 Å². The molecule has 9 heteroatoms. The Morgan fingerprint density at radius 3 is 2.48 bits per heavy atom. The molecule has 1 fully saturated rings. The molecule has 0 spiro atoms. The molecule has 0 N–H and O–H groups in total. The van der Waals surface area contributed by atoms with Gasteiger partial charge in [0, 0.05) is 43.4 Å². The lowest BCUT2D eigenvalue weighted by molar-refractivity contribution is -0.384. The topological polar surface area (TPSA) is 96.6 Å². The second-order valence-corrected chi connectivity index (χ2v) is 9.81. The minimum Gasteiger partial charge on any atom is -0.369 e. The molecule has 3 aromatic rings. The predicted molar refractivity (Wildman–Crippen MR) is 119 cm³/mol. The molecule has 0 unspecified atom stereocenters. The number of non-ortho nitro benzene ring substituents is 1. The third-order valence-electron chi connectivity index (χ3n) is 5.64. The molecule has 2 aromatic carbocycles. The van der Waals surface area contributed by atoms with Gasteiger partial charge in [-0.25, -0.2) is 8.42 Å². The van der Waals surface area contributed by atoms with Gasteiger partial charge in [-0.05, 0) is 51.2 Å². The number of benzene rings is 2. The molecule has 162 valence electrons. The molecule has 2 heterocycles. The molecule has 1 aliphatic rings. The first-order valence-corrected chi connectivity index (χ1v) is 11.6. The molecule has 0 saturated carbocycles. The zero-order chi connectivity index (χ0) is 22.2. The summed E-state index contributed by atoms with van der Waals surface area (Å²) < 4.78 is 27.2. The van der Waals surface area contributed by atoms with Crippen LogP contribution in [0.2, 0.25) is 0 Å². The van der Waals surface area contributed by atoms with Gasteiger partial charge in [0.25, 0.3) is 5.69 Å². The lowest BCUT2D eigenvalue weighted by Crippen LogP contribution is -2.30. The van der Waals surface area contributed by atoms with Crippen molar-refractivity contribution >= 4 is 32.1 Å². The van der Waals surface area contributed by atoms with Gasteiger partial charge in [0.2, 0.25) is 9.84 Å². The lowest BCUT2D eigenvalue weighted by atomic mass is 10.1. The molecule has 0 amide bonds. The van der Waals surface area contributed by atoms with E-state index in [0.29, 0.717) is 12.2 Å². The summed E-state index contributed by atoms with van der Waals surface area (Å²) in [7, 11) is -1.87. The van der Waals surface area contributed by atoms with E-state index in [4.69, 9.17) is 0 Å².